The molecule has 0 aliphatic carbocycles. The third-order valence-corrected chi connectivity index (χ3v) is 1.66. The summed E-state index contributed by atoms with van der Waals surface area (Å²) in [5.41, 5.74) is -0.297. The summed E-state index contributed by atoms with van der Waals surface area (Å²) in [6, 6.07) is 3.21. The molecule has 0 atom stereocenters. The molecule has 0 saturated carbocycles. The Kier molecular flexibility index (Phi) is 3.21. The number of hydrogen-bond donors (Lipinski definition) is 0. The first kappa shape index (κ1) is 11.1. The molecule has 0 saturated heterocycles. The monoisotopic (exact) mass is 258 g/mol. The summed E-state index contributed by atoms with van der Waals surface area (Å²) in [6.07, 6.45) is 0. The van der Waals surface area contributed by atoms with Crippen LogP contribution >= 0.6 is 15.9 Å². The molecule has 0 aliphatic rings. The highest BCUT2D eigenvalue weighted by Crippen LogP contribution is 2.11. The molecule has 0 aliphatic heterocycles. The van der Waals surface area contributed by atoms with Gasteiger partial charge in [-0.1, -0.05) is 0 Å². The number of hydrogen-bond acceptors (Lipinski definition) is 4. The van der Waals surface area contributed by atoms with E-state index in [9.17, 15) is 4.79 Å². The molecule has 5 heteroatoms. The number of esters is 1. The van der Waals surface area contributed by atoms with Crippen LogP contribution in [0, 0.1) is 0 Å². The fourth-order valence-electron chi connectivity index (χ4n) is 0.755. The van der Waals surface area contributed by atoms with Crippen LogP contribution in [0.15, 0.2) is 16.7 Å². The number of ether oxygens (including phenoxy) is 1. The number of carbonyl (C=O) groups excluding carboxylic acids is 1. The van der Waals surface area contributed by atoms with E-state index < -0.39 is 11.6 Å². The van der Waals surface area contributed by atoms with Crippen molar-refractivity contribution in [3.05, 3.63) is 22.4 Å². The maximum Gasteiger partial charge on any atom is 0.359 e. The molecule has 0 aromatic carbocycles. The lowest BCUT2D eigenvalue weighted by atomic mass is 10.2. The Labute approximate surface area is 90.8 Å². The van der Waals surface area contributed by atoms with E-state index in [1.807, 2.05) is 0 Å². The molecule has 1 aromatic heterocycles. The fourth-order valence-corrected chi connectivity index (χ4v) is 0.967. The Hall–Kier alpha value is -0.970. The van der Waals surface area contributed by atoms with Crippen molar-refractivity contribution in [1.29, 1.82) is 0 Å². The molecule has 1 aromatic rings. The van der Waals surface area contributed by atoms with Gasteiger partial charge in [0.25, 0.3) is 0 Å². The summed E-state index contributed by atoms with van der Waals surface area (Å²) < 4.78 is 5.69. The molecule has 0 spiro atoms. The van der Waals surface area contributed by atoms with E-state index in [-0.39, 0.29) is 5.69 Å². The quantitative estimate of drug-likeness (QED) is 0.725. The average Bonchev–Trinajstić information content (AvgIpc) is 2.02. The van der Waals surface area contributed by atoms with Crippen LogP contribution in [0.3, 0.4) is 0 Å². The van der Waals surface area contributed by atoms with Crippen molar-refractivity contribution in [3.63, 3.8) is 0 Å². The minimum Gasteiger partial charge on any atom is -0.455 e. The van der Waals surface area contributed by atoms with Crippen LogP contribution in [0.5, 0.6) is 0 Å². The second kappa shape index (κ2) is 4.04. The van der Waals surface area contributed by atoms with Gasteiger partial charge in [-0.3, -0.25) is 0 Å². The summed E-state index contributed by atoms with van der Waals surface area (Å²) in [4.78, 5) is 11.4. The lowest BCUT2D eigenvalue weighted by Crippen LogP contribution is -2.24. The van der Waals surface area contributed by atoms with Crippen molar-refractivity contribution in [2.24, 2.45) is 0 Å². The fraction of sp³-hybridized carbons (Fsp3) is 0.444. The van der Waals surface area contributed by atoms with Crippen molar-refractivity contribution in [1.82, 2.24) is 10.2 Å². The van der Waals surface area contributed by atoms with Gasteiger partial charge in [0.1, 0.15) is 10.2 Å². The smallest absolute Gasteiger partial charge is 0.359 e. The van der Waals surface area contributed by atoms with Crippen molar-refractivity contribution in [2.75, 3.05) is 0 Å². The Morgan fingerprint density at radius 1 is 1.36 bits per heavy atom. The molecule has 0 N–H and O–H groups in total. The van der Waals surface area contributed by atoms with E-state index in [2.05, 4.69) is 26.1 Å². The van der Waals surface area contributed by atoms with Crippen LogP contribution in [0.25, 0.3) is 0 Å². The predicted molar refractivity (Wildman–Crippen MR) is 54.9 cm³/mol. The molecule has 14 heavy (non-hydrogen) atoms. The highest BCUT2D eigenvalue weighted by molar-refractivity contribution is 9.10. The van der Waals surface area contributed by atoms with Gasteiger partial charge in [-0.2, -0.15) is 0 Å². The van der Waals surface area contributed by atoms with Gasteiger partial charge in [0.15, 0.2) is 5.69 Å². The Bertz CT molecular complexity index is 330. The van der Waals surface area contributed by atoms with Crippen molar-refractivity contribution in [2.45, 2.75) is 26.4 Å². The third kappa shape index (κ3) is 3.41. The second-order valence-corrected chi connectivity index (χ2v) is 4.56. The summed E-state index contributed by atoms with van der Waals surface area (Å²) >= 11 is 3.13. The maximum atomic E-state index is 11.4. The number of rotatable bonds is 1. The summed E-state index contributed by atoms with van der Waals surface area (Å²) in [5.74, 6) is -0.461. The second-order valence-electron chi connectivity index (χ2n) is 3.74. The SMILES string of the molecule is CC(C)(C)OC(=O)c1ccc(Br)nn1. The van der Waals surface area contributed by atoms with Gasteiger partial charge in [-0.15, -0.1) is 10.2 Å². The van der Waals surface area contributed by atoms with Crippen LogP contribution in [0.2, 0.25) is 0 Å². The molecule has 1 rings (SSSR count). The normalized spacial score (nSPS) is 11.1. The summed E-state index contributed by atoms with van der Waals surface area (Å²) in [7, 11) is 0. The highest BCUT2D eigenvalue weighted by atomic mass is 79.9. The van der Waals surface area contributed by atoms with Gasteiger partial charge in [-0.05, 0) is 48.8 Å². The van der Waals surface area contributed by atoms with Gasteiger partial charge in [0.2, 0.25) is 0 Å². The van der Waals surface area contributed by atoms with E-state index in [0.717, 1.165) is 0 Å². The third-order valence-electron chi connectivity index (χ3n) is 1.24. The van der Waals surface area contributed by atoms with Crippen molar-refractivity contribution < 1.29 is 9.53 Å². The van der Waals surface area contributed by atoms with Crippen LogP contribution in [0.4, 0.5) is 0 Å². The first-order valence-corrected chi connectivity index (χ1v) is 4.90. The van der Waals surface area contributed by atoms with Crippen LogP contribution in [0.1, 0.15) is 31.3 Å². The molecule has 0 radical (unpaired) electrons. The number of aromatic nitrogens is 2. The minimum atomic E-state index is -0.508. The standard InChI is InChI=1S/C9H11BrN2O2/c1-9(2,3)14-8(13)6-4-5-7(10)12-11-6/h4-5H,1-3H3. The number of nitrogens with zero attached hydrogens (tertiary/aromatic N) is 2. The molecular weight excluding hydrogens is 248 g/mol. The molecule has 4 nitrogen and oxygen atoms in total. The molecule has 0 amide bonds. The number of carbonyl (C=O) groups is 1. The zero-order chi connectivity index (χ0) is 10.8. The Morgan fingerprint density at radius 3 is 2.43 bits per heavy atom. The van der Waals surface area contributed by atoms with Gasteiger partial charge in [0.05, 0.1) is 0 Å². The van der Waals surface area contributed by atoms with Gasteiger partial charge < -0.3 is 4.74 Å². The molecular formula is C9H11BrN2O2. The zero-order valence-electron chi connectivity index (χ0n) is 8.24. The van der Waals surface area contributed by atoms with Crippen LogP contribution in [-0.2, 0) is 4.74 Å². The van der Waals surface area contributed by atoms with E-state index in [1.54, 1.807) is 32.9 Å². The largest absolute Gasteiger partial charge is 0.455 e. The first-order chi connectivity index (χ1) is 6.38. The molecule has 0 fully saturated rings. The maximum absolute atomic E-state index is 11.4. The molecule has 1 heterocycles. The predicted octanol–water partition coefficient (Wildman–Crippen LogP) is 2.19. The van der Waals surface area contributed by atoms with Crippen molar-refractivity contribution >= 4 is 21.9 Å². The van der Waals surface area contributed by atoms with Gasteiger partial charge in [-0.25, -0.2) is 4.79 Å². The molecule has 0 bridgehead atoms. The van der Waals surface area contributed by atoms with Gasteiger partial charge in [0, 0.05) is 0 Å². The summed E-state index contributed by atoms with van der Waals surface area (Å²) in [6.45, 7) is 5.41. The van der Waals surface area contributed by atoms with Crippen LogP contribution < -0.4 is 0 Å². The highest BCUT2D eigenvalue weighted by Gasteiger charge is 2.18. The van der Waals surface area contributed by atoms with Crippen molar-refractivity contribution in [3.8, 4) is 0 Å². The Balaban J connectivity index is 2.76. The van der Waals surface area contributed by atoms with Gasteiger partial charge >= 0.3 is 5.97 Å². The average molecular weight is 259 g/mol. The van der Waals surface area contributed by atoms with E-state index in [4.69, 9.17) is 4.74 Å². The minimum absolute atomic E-state index is 0.211. The molecule has 76 valence electrons. The lowest BCUT2D eigenvalue weighted by Gasteiger charge is -2.18. The van der Waals surface area contributed by atoms with E-state index >= 15 is 0 Å². The van der Waals surface area contributed by atoms with E-state index in [0.29, 0.717) is 4.60 Å². The van der Waals surface area contributed by atoms with E-state index in [1.165, 1.54) is 0 Å². The first-order valence-electron chi connectivity index (χ1n) is 4.11. The number of halogens is 1. The zero-order valence-corrected chi connectivity index (χ0v) is 9.83. The topological polar surface area (TPSA) is 52.1 Å². The molecule has 0 unspecified atom stereocenters. The lowest BCUT2D eigenvalue weighted by molar-refractivity contribution is 0.00615. The summed E-state index contributed by atoms with van der Waals surface area (Å²) in [5, 5.41) is 7.39. The van der Waals surface area contributed by atoms with Crippen LogP contribution in [-0.4, -0.2) is 21.8 Å². The Morgan fingerprint density at radius 2 is 2.00 bits per heavy atom.